The van der Waals surface area contributed by atoms with Crippen LogP contribution in [0, 0.1) is 0 Å². The van der Waals surface area contributed by atoms with Crippen molar-refractivity contribution < 1.29 is 14.3 Å². The van der Waals surface area contributed by atoms with E-state index in [1.807, 2.05) is 0 Å². The molecule has 0 bridgehead atoms. The molecule has 1 saturated heterocycles. The number of nitrogens with one attached hydrogen (secondary N) is 2. The van der Waals surface area contributed by atoms with E-state index in [4.69, 9.17) is 4.74 Å². The van der Waals surface area contributed by atoms with Crippen LogP contribution in [0.25, 0.3) is 0 Å². The van der Waals surface area contributed by atoms with Crippen molar-refractivity contribution in [2.24, 2.45) is 0 Å². The molecule has 7 nitrogen and oxygen atoms in total. The lowest BCUT2D eigenvalue weighted by Gasteiger charge is -2.37. The molecule has 1 aromatic heterocycles. The van der Waals surface area contributed by atoms with Crippen molar-refractivity contribution >= 4 is 17.6 Å². The van der Waals surface area contributed by atoms with Crippen LogP contribution in [-0.4, -0.2) is 61.6 Å². The summed E-state index contributed by atoms with van der Waals surface area (Å²) in [5.41, 5.74) is -0.236. The standard InChI is InChI=1S/C16H24N4O3/c1-17-13-7-4-6-12(19-13)15(22)20-9-5-8-16(20,11-23-3)10-14(21)18-2/h4,6-7H,5,8-11H2,1-3H3,(H,17,19)(H,18,21). The van der Waals surface area contributed by atoms with Gasteiger partial charge in [-0.1, -0.05) is 6.07 Å². The van der Waals surface area contributed by atoms with Gasteiger partial charge in [0, 0.05) is 27.7 Å². The first-order valence-corrected chi connectivity index (χ1v) is 7.72. The van der Waals surface area contributed by atoms with Crippen LogP contribution in [0.15, 0.2) is 18.2 Å². The van der Waals surface area contributed by atoms with Gasteiger partial charge in [-0.05, 0) is 25.0 Å². The molecule has 0 aromatic carbocycles. The number of rotatable bonds is 6. The molecule has 1 aliphatic heterocycles. The fourth-order valence-electron chi connectivity index (χ4n) is 3.13. The number of carbonyl (C=O) groups excluding carboxylic acids is 2. The summed E-state index contributed by atoms with van der Waals surface area (Å²) in [6, 6.07) is 5.28. The van der Waals surface area contributed by atoms with Crippen molar-refractivity contribution in [3.05, 3.63) is 23.9 Å². The molecule has 1 aromatic rings. The second-order valence-electron chi connectivity index (χ2n) is 5.73. The summed E-state index contributed by atoms with van der Waals surface area (Å²) < 4.78 is 5.33. The van der Waals surface area contributed by atoms with Crippen LogP contribution >= 0.6 is 0 Å². The average Bonchev–Trinajstić information content (AvgIpc) is 2.97. The summed E-state index contributed by atoms with van der Waals surface area (Å²) in [6.45, 7) is 0.933. The second kappa shape index (κ2) is 7.41. The van der Waals surface area contributed by atoms with E-state index in [0.717, 1.165) is 12.8 Å². The number of anilines is 1. The smallest absolute Gasteiger partial charge is 0.273 e. The maximum Gasteiger partial charge on any atom is 0.273 e. The molecule has 2 heterocycles. The van der Waals surface area contributed by atoms with Crippen molar-refractivity contribution in [3.8, 4) is 0 Å². The highest BCUT2D eigenvalue weighted by Gasteiger charge is 2.45. The first kappa shape index (κ1) is 17.2. The Bertz CT molecular complexity index is 578. The largest absolute Gasteiger partial charge is 0.382 e. The summed E-state index contributed by atoms with van der Waals surface area (Å²) in [6.07, 6.45) is 1.82. The lowest BCUT2D eigenvalue weighted by molar-refractivity contribution is -0.123. The summed E-state index contributed by atoms with van der Waals surface area (Å²) in [7, 11) is 4.95. The monoisotopic (exact) mass is 320 g/mol. The highest BCUT2D eigenvalue weighted by atomic mass is 16.5. The Labute approximate surface area is 136 Å². The van der Waals surface area contributed by atoms with E-state index in [0.29, 0.717) is 24.7 Å². The number of hydrogen-bond acceptors (Lipinski definition) is 5. The number of carbonyl (C=O) groups is 2. The number of ether oxygens (including phenoxy) is 1. The van der Waals surface area contributed by atoms with Crippen LogP contribution in [0.3, 0.4) is 0 Å². The van der Waals surface area contributed by atoms with Crippen LogP contribution in [0.4, 0.5) is 5.82 Å². The molecule has 1 aliphatic rings. The van der Waals surface area contributed by atoms with Crippen LogP contribution < -0.4 is 10.6 Å². The number of likely N-dealkylation sites (tertiary alicyclic amines) is 1. The van der Waals surface area contributed by atoms with Gasteiger partial charge in [0.25, 0.3) is 5.91 Å². The maximum absolute atomic E-state index is 12.9. The second-order valence-corrected chi connectivity index (χ2v) is 5.73. The number of nitrogens with zero attached hydrogens (tertiary/aromatic N) is 2. The molecular weight excluding hydrogens is 296 g/mol. The maximum atomic E-state index is 12.9. The van der Waals surface area contributed by atoms with Gasteiger partial charge in [0.2, 0.25) is 5.91 Å². The number of methoxy groups -OCH3 is 1. The van der Waals surface area contributed by atoms with Crippen LogP contribution in [0.5, 0.6) is 0 Å². The van der Waals surface area contributed by atoms with Gasteiger partial charge < -0.3 is 20.3 Å². The van der Waals surface area contributed by atoms with Crippen LogP contribution in [-0.2, 0) is 9.53 Å². The first-order chi connectivity index (χ1) is 11.1. The molecule has 1 atom stereocenters. The quantitative estimate of drug-likeness (QED) is 0.813. The van der Waals surface area contributed by atoms with E-state index in [9.17, 15) is 9.59 Å². The van der Waals surface area contributed by atoms with E-state index in [1.165, 1.54) is 0 Å². The topological polar surface area (TPSA) is 83.6 Å². The number of amides is 2. The zero-order valence-corrected chi connectivity index (χ0v) is 13.9. The van der Waals surface area contributed by atoms with Gasteiger partial charge in [0.1, 0.15) is 11.5 Å². The Balaban J connectivity index is 2.30. The molecule has 0 aliphatic carbocycles. The molecule has 23 heavy (non-hydrogen) atoms. The van der Waals surface area contributed by atoms with Crippen LogP contribution in [0.1, 0.15) is 29.8 Å². The lowest BCUT2D eigenvalue weighted by Crippen LogP contribution is -2.53. The fraction of sp³-hybridized carbons (Fsp3) is 0.562. The molecule has 0 radical (unpaired) electrons. The van der Waals surface area contributed by atoms with Gasteiger partial charge in [0.05, 0.1) is 18.6 Å². The molecule has 2 amide bonds. The molecule has 126 valence electrons. The SMILES string of the molecule is CNC(=O)CC1(COC)CCCN1C(=O)c1cccc(NC)n1. The third kappa shape index (κ3) is 3.61. The van der Waals surface area contributed by atoms with Crippen molar-refractivity contribution in [3.63, 3.8) is 0 Å². The Morgan fingerprint density at radius 2 is 2.17 bits per heavy atom. The number of pyridine rings is 1. The van der Waals surface area contributed by atoms with Crippen molar-refractivity contribution in [1.29, 1.82) is 0 Å². The van der Waals surface area contributed by atoms with Gasteiger partial charge in [-0.15, -0.1) is 0 Å². The van der Waals surface area contributed by atoms with Crippen LogP contribution in [0.2, 0.25) is 0 Å². The predicted molar refractivity (Wildman–Crippen MR) is 87.3 cm³/mol. The summed E-state index contributed by atoms with van der Waals surface area (Å²) in [4.78, 5) is 30.9. The zero-order chi connectivity index (χ0) is 16.9. The molecule has 2 rings (SSSR count). The fourth-order valence-corrected chi connectivity index (χ4v) is 3.13. The van der Waals surface area contributed by atoms with E-state index < -0.39 is 5.54 Å². The van der Waals surface area contributed by atoms with E-state index >= 15 is 0 Å². The Morgan fingerprint density at radius 1 is 1.39 bits per heavy atom. The van der Waals surface area contributed by atoms with E-state index in [2.05, 4.69) is 15.6 Å². The lowest BCUT2D eigenvalue weighted by atomic mass is 9.92. The van der Waals surface area contributed by atoms with E-state index in [-0.39, 0.29) is 18.2 Å². The summed E-state index contributed by atoms with van der Waals surface area (Å²) in [5.74, 6) is 0.373. The molecule has 1 fully saturated rings. The highest BCUT2D eigenvalue weighted by molar-refractivity contribution is 5.94. The highest BCUT2D eigenvalue weighted by Crippen LogP contribution is 2.34. The van der Waals surface area contributed by atoms with Gasteiger partial charge in [-0.3, -0.25) is 9.59 Å². The molecule has 0 saturated carbocycles. The normalized spacial score (nSPS) is 20.4. The van der Waals surface area contributed by atoms with Crippen molar-refractivity contribution in [2.45, 2.75) is 24.8 Å². The minimum Gasteiger partial charge on any atom is -0.382 e. The minimum absolute atomic E-state index is 0.0984. The first-order valence-electron chi connectivity index (χ1n) is 7.72. The van der Waals surface area contributed by atoms with Crippen molar-refractivity contribution in [2.75, 3.05) is 39.7 Å². The molecule has 0 spiro atoms. The zero-order valence-electron chi connectivity index (χ0n) is 13.9. The third-order valence-corrected chi connectivity index (χ3v) is 4.25. The molecule has 7 heteroatoms. The number of aromatic nitrogens is 1. The summed E-state index contributed by atoms with van der Waals surface area (Å²) in [5, 5.41) is 5.56. The molecule has 1 unspecified atom stereocenters. The van der Waals surface area contributed by atoms with E-state index in [1.54, 1.807) is 44.3 Å². The predicted octanol–water partition coefficient (Wildman–Crippen LogP) is 0.881. The van der Waals surface area contributed by atoms with Gasteiger partial charge in [0.15, 0.2) is 0 Å². The molecular formula is C16H24N4O3. The summed E-state index contributed by atoms with van der Waals surface area (Å²) >= 11 is 0. The van der Waals surface area contributed by atoms with Gasteiger partial charge >= 0.3 is 0 Å². The minimum atomic E-state index is -0.608. The third-order valence-electron chi connectivity index (χ3n) is 4.25. The van der Waals surface area contributed by atoms with Gasteiger partial charge in [-0.25, -0.2) is 4.98 Å². The number of hydrogen-bond donors (Lipinski definition) is 2. The Morgan fingerprint density at radius 3 is 2.83 bits per heavy atom. The van der Waals surface area contributed by atoms with Crippen molar-refractivity contribution in [1.82, 2.24) is 15.2 Å². The Hall–Kier alpha value is -2.15. The Kier molecular flexibility index (Phi) is 5.54. The average molecular weight is 320 g/mol. The van der Waals surface area contributed by atoms with Gasteiger partial charge in [-0.2, -0.15) is 0 Å². The molecule has 2 N–H and O–H groups in total.